The van der Waals surface area contributed by atoms with E-state index in [0.29, 0.717) is 10.4 Å². The van der Waals surface area contributed by atoms with Gasteiger partial charge in [0.2, 0.25) is 11.8 Å². The number of likely N-dealkylation sites (N-methyl/N-ethyl adjacent to an activating group) is 1. The van der Waals surface area contributed by atoms with Crippen LogP contribution < -0.4 is 9.62 Å². The van der Waals surface area contributed by atoms with E-state index in [1.807, 2.05) is 37.3 Å². The second-order valence-electron chi connectivity index (χ2n) is 10.4. The van der Waals surface area contributed by atoms with Gasteiger partial charge in [-0.15, -0.1) is 0 Å². The van der Waals surface area contributed by atoms with Crippen LogP contribution >= 0.6 is 0 Å². The molecule has 0 aliphatic rings. The first-order valence-electron chi connectivity index (χ1n) is 14.3. The molecule has 11 heteroatoms. The fourth-order valence-electron chi connectivity index (χ4n) is 4.90. The quantitative estimate of drug-likeness (QED) is 0.207. The summed E-state index contributed by atoms with van der Waals surface area (Å²) >= 11 is 0. The second-order valence-corrected chi connectivity index (χ2v) is 12.3. The molecule has 45 heavy (non-hydrogen) atoms. The predicted octanol–water partition coefficient (Wildman–Crippen LogP) is 5.99. The zero-order valence-electron chi connectivity index (χ0n) is 24.9. The van der Waals surface area contributed by atoms with Gasteiger partial charge in [0, 0.05) is 19.5 Å². The number of hydrogen-bond acceptors (Lipinski definition) is 4. The third-order valence-electron chi connectivity index (χ3n) is 7.30. The van der Waals surface area contributed by atoms with Crippen molar-refractivity contribution in [2.45, 2.75) is 43.9 Å². The molecule has 236 valence electrons. The van der Waals surface area contributed by atoms with Crippen LogP contribution in [0.5, 0.6) is 0 Å². The lowest BCUT2D eigenvalue weighted by Crippen LogP contribution is -2.53. The van der Waals surface area contributed by atoms with E-state index < -0.39 is 46.2 Å². The molecule has 7 nitrogen and oxygen atoms in total. The van der Waals surface area contributed by atoms with Gasteiger partial charge in [-0.05, 0) is 60.9 Å². The van der Waals surface area contributed by atoms with E-state index in [0.717, 1.165) is 28.8 Å². The summed E-state index contributed by atoms with van der Waals surface area (Å²) in [7, 11) is -4.52. The fraction of sp³-hybridized carbons (Fsp3) is 0.235. The van der Waals surface area contributed by atoms with Gasteiger partial charge in [0.05, 0.1) is 16.1 Å². The number of carbonyl (C=O) groups is 2. The molecule has 2 amide bonds. The number of amides is 2. The summed E-state index contributed by atoms with van der Waals surface area (Å²) in [6, 6.07) is 26.3. The van der Waals surface area contributed by atoms with Crippen molar-refractivity contribution in [1.29, 1.82) is 0 Å². The normalized spacial score (nSPS) is 12.3. The summed E-state index contributed by atoms with van der Waals surface area (Å²) in [4.78, 5) is 29.0. The molecule has 0 spiro atoms. The minimum Gasteiger partial charge on any atom is -0.355 e. The van der Waals surface area contributed by atoms with Crippen molar-refractivity contribution in [3.63, 3.8) is 0 Å². The Morgan fingerprint density at radius 1 is 0.844 bits per heavy atom. The number of alkyl halides is 3. The van der Waals surface area contributed by atoms with E-state index in [-0.39, 0.29) is 30.1 Å². The Morgan fingerprint density at radius 2 is 1.47 bits per heavy atom. The number of aryl methyl sites for hydroxylation is 1. The Bertz CT molecular complexity index is 1720. The minimum absolute atomic E-state index is 0.0397. The van der Waals surface area contributed by atoms with Gasteiger partial charge < -0.3 is 10.2 Å². The number of halogens is 3. The first-order chi connectivity index (χ1) is 21.4. The topological polar surface area (TPSA) is 86.8 Å². The van der Waals surface area contributed by atoms with Crippen LogP contribution in [-0.4, -0.2) is 44.3 Å². The maximum absolute atomic E-state index is 14.4. The van der Waals surface area contributed by atoms with Crippen LogP contribution in [0.1, 0.15) is 29.2 Å². The van der Waals surface area contributed by atoms with Crippen molar-refractivity contribution in [3.8, 4) is 0 Å². The van der Waals surface area contributed by atoms with Crippen LogP contribution in [0, 0.1) is 6.92 Å². The summed E-state index contributed by atoms with van der Waals surface area (Å²) in [6.07, 6.45) is -4.63. The molecule has 4 aromatic rings. The largest absolute Gasteiger partial charge is 0.416 e. The number of hydrogen-bond donors (Lipinski definition) is 1. The Morgan fingerprint density at radius 3 is 2.09 bits per heavy atom. The van der Waals surface area contributed by atoms with Crippen molar-refractivity contribution in [3.05, 3.63) is 131 Å². The molecule has 0 radical (unpaired) electrons. The number of carbonyl (C=O) groups excluding carboxylic acids is 2. The van der Waals surface area contributed by atoms with Gasteiger partial charge in [0.25, 0.3) is 10.0 Å². The predicted molar refractivity (Wildman–Crippen MR) is 167 cm³/mol. The van der Waals surface area contributed by atoms with Gasteiger partial charge in [-0.1, -0.05) is 78.9 Å². The fourth-order valence-corrected chi connectivity index (χ4v) is 6.33. The van der Waals surface area contributed by atoms with Crippen molar-refractivity contribution < 1.29 is 31.2 Å². The first-order valence-corrected chi connectivity index (χ1v) is 15.8. The maximum Gasteiger partial charge on any atom is 0.416 e. The summed E-state index contributed by atoms with van der Waals surface area (Å²) < 4.78 is 69.7. The van der Waals surface area contributed by atoms with Crippen LogP contribution in [0.25, 0.3) is 0 Å². The summed E-state index contributed by atoms with van der Waals surface area (Å²) in [5, 5.41) is 2.78. The highest BCUT2D eigenvalue weighted by atomic mass is 32.2. The molecular formula is C34H34F3N3O4S. The molecule has 0 aliphatic heterocycles. The monoisotopic (exact) mass is 637 g/mol. The molecule has 0 aromatic heterocycles. The molecule has 1 atom stereocenters. The lowest BCUT2D eigenvalue weighted by atomic mass is 10.0. The number of sulfonamides is 1. The Labute approximate surface area is 261 Å². The van der Waals surface area contributed by atoms with Crippen LogP contribution in [0.4, 0.5) is 18.9 Å². The zero-order valence-corrected chi connectivity index (χ0v) is 25.7. The van der Waals surface area contributed by atoms with Crippen LogP contribution in [0.3, 0.4) is 0 Å². The smallest absolute Gasteiger partial charge is 0.355 e. The summed E-state index contributed by atoms with van der Waals surface area (Å²) in [6.45, 7) is 2.99. The van der Waals surface area contributed by atoms with Gasteiger partial charge in [-0.2, -0.15) is 13.2 Å². The lowest BCUT2D eigenvalue weighted by molar-refractivity contribution is -0.140. The minimum atomic E-state index is -4.75. The van der Waals surface area contributed by atoms with E-state index >= 15 is 0 Å². The van der Waals surface area contributed by atoms with Crippen molar-refractivity contribution in [2.75, 3.05) is 17.4 Å². The summed E-state index contributed by atoms with van der Waals surface area (Å²) in [5.41, 5.74) is 0.932. The SMILES string of the molecule is CCNC(=O)C(Cc1ccccc1)N(Cc1ccccc1C)C(=O)CN(c1cccc(C(F)(F)F)c1)S(=O)(=O)c1ccccc1. The molecule has 4 rings (SSSR count). The molecule has 0 fully saturated rings. The van der Waals surface area contributed by atoms with Gasteiger partial charge in [0.15, 0.2) is 0 Å². The van der Waals surface area contributed by atoms with Gasteiger partial charge in [-0.25, -0.2) is 8.42 Å². The third-order valence-corrected chi connectivity index (χ3v) is 9.08. The van der Waals surface area contributed by atoms with Crippen molar-refractivity contribution in [2.24, 2.45) is 0 Å². The van der Waals surface area contributed by atoms with E-state index in [1.165, 1.54) is 35.2 Å². The highest BCUT2D eigenvalue weighted by Crippen LogP contribution is 2.33. The van der Waals surface area contributed by atoms with Crippen molar-refractivity contribution in [1.82, 2.24) is 10.2 Å². The molecule has 0 aliphatic carbocycles. The molecule has 0 heterocycles. The molecule has 0 saturated carbocycles. The standard InChI is InChI=1S/C34H34F3N3O4S/c1-3-38-33(42)31(21-26-14-6-4-7-15-26)39(23-27-16-11-10-13-25(27)2)32(41)24-40(45(43,44)30-19-8-5-9-20-30)29-18-12-17-28(22-29)34(35,36)37/h4-20,22,31H,3,21,23-24H2,1-2H3,(H,38,42). The number of nitrogens with one attached hydrogen (secondary N) is 1. The van der Waals surface area contributed by atoms with Crippen LogP contribution in [-0.2, 0) is 38.8 Å². The molecule has 0 saturated heterocycles. The van der Waals surface area contributed by atoms with E-state index in [1.54, 1.807) is 37.3 Å². The van der Waals surface area contributed by atoms with Crippen molar-refractivity contribution >= 4 is 27.5 Å². The lowest BCUT2D eigenvalue weighted by Gasteiger charge is -2.34. The highest BCUT2D eigenvalue weighted by molar-refractivity contribution is 7.92. The first kappa shape index (κ1) is 33.3. The Balaban J connectivity index is 1.84. The highest BCUT2D eigenvalue weighted by Gasteiger charge is 2.36. The zero-order chi connectivity index (χ0) is 32.6. The third kappa shape index (κ3) is 8.30. The second kappa shape index (κ2) is 14.4. The van der Waals surface area contributed by atoms with Crippen LogP contribution in [0.2, 0.25) is 0 Å². The summed E-state index contributed by atoms with van der Waals surface area (Å²) in [5.74, 6) is -1.21. The molecule has 4 aromatic carbocycles. The number of nitrogens with zero attached hydrogens (tertiary/aromatic N) is 2. The van der Waals surface area contributed by atoms with Crippen LogP contribution in [0.15, 0.2) is 114 Å². The van der Waals surface area contributed by atoms with Gasteiger partial charge in [-0.3, -0.25) is 13.9 Å². The molecule has 1 unspecified atom stereocenters. The maximum atomic E-state index is 14.4. The number of rotatable bonds is 12. The van der Waals surface area contributed by atoms with Gasteiger partial charge in [0.1, 0.15) is 12.6 Å². The molecule has 1 N–H and O–H groups in total. The number of anilines is 1. The van der Waals surface area contributed by atoms with E-state index in [4.69, 9.17) is 0 Å². The molecule has 0 bridgehead atoms. The number of benzene rings is 4. The average Bonchev–Trinajstić information content (AvgIpc) is 3.03. The Kier molecular flexibility index (Phi) is 10.7. The van der Waals surface area contributed by atoms with Gasteiger partial charge >= 0.3 is 6.18 Å². The van der Waals surface area contributed by atoms with E-state index in [2.05, 4.69) is 5.32 Å². The Hall–Kier alpha value is -4.64. The molecular weight excluding hydrogens is 603 g/mol. The average molecular weight is 638 g/mol. The van der Waals surface area contributed by atoms with E-state index in [9.17, 15) is 31.2 Å².